The van der Waals surface area contributed by atoms with E-state index < -0.39 is 23.5 Å². The second kappa shape index (κ2) is 4.72. The van der Waals surface area contributed by atoms with E-state index in [-0.39, 0.29) is 25.4 Å². The van der Waals surface area contributed by atoms with Crippen molar-refractivity contribution in [3.63, 3.8) is 0 Å². The Morgan fingerprint density at radius 2 is 2.11 bits per heavy atom. The average Bonchev–Trinajstić information content (AvgIpc) is 2.66. The molecule has 0 saturated carbocycles. The summed E-state index contributed by atoms with van der Waals surface area (Å²) in [6, 6.07) is 3.37. The summed E-state index contributed by atoms with van der Waals surface area (Å²) >= 11 is 0. The second-order valence-electron chi connectivity index (χ2n) is 4.26. The number of carboxylic acid groups (broad SMARTS) is 1. The van der Waals surface area contributed by atoms with Crippen molar-refractivity contribution in [1.29, 1.82) is 0 Å². The topological polar surface area (TPSA) is 57.6 Å². The third-order valence-corrected chi connectivity index (χ3v) is 2.92. The summed E-state index contributed by atoms with van der Waals surface area (Å²) in [5, 5.41) is 8.81. The Hall–Kier alpha value is -1.98. The quantitative estimate of drug-likeness (QED) is 0.888. The highest BCUT2D eigenvalue weighted by Crippen LogP contribution is 2.21. The lowest BCUT2D eigenvalue weighted by Crippen LogP contribution is -2.25. The molecular formula is C12H11F2NO3. The van der Waals surface area contributed by atoms with E-state index in [1.165, 1.54) is 11.0 Å². The Labute approximate surface area is 102 Å². The highest BCUT2D eigenvalue weighted by atomic mass is 19.2. The van der Waals surface area contributed by atoms with Crippen molar-refractivity contribution in [1.82, 2.24) is 4.90 Å². The van der Waals surface area contributed by atoms with Gasteiger partial charge in [0.25, 0.3) is 0 Å². The van der Waals surface area contributed by atoms with Crippen LogP contribution in [0.15, 0.2) is 18.2 Å². The first-order chi connectivity index (χ1) is 8.47. The highest BCUT2D eigenvalue weighted by Gasteiger charge is 2.34. The monoisotopic (exact) mass is 255 g/mol. The van der Waals surface area contributed by atoms with Gasteiger partial charge in [0.2, 0.25) is 5.91 Å². The first-order valence-electron chi connectivity index (χ1n) is 5.42. The molecule has 1 aliphatic rings. The number of hydrogen-bond donors (Lipinski definition) is 1. The third-order valence-electron chi connectivity index (χ3n) is 2.92. The van der Waals surface area contributed by atoms with Crippen LogP contribution in [0.1, 0.15) is 12.0 Å². The molecule has 1 heterocycles. The van der Waals surface area contributed by atoms with Crippen molar-refractivity contribution < 1.29 is 23.5 Å². The maximum absolute atomic E-state index is 13.0. The van der Waals surface area contributed by atoms with Gasteiger partial charge in [-0.2, -0.15) is 0 Å². The number of carbonyl (C=O) groups is 2. The molecule has 1 fully saturated rings. The van der Waals surface area contributed by atoms with E-state index >= 15 is 0 Å². The molecule has 0 radical (unpaired) electrons. The van der Waals surface area contributed by atoms with Gasteiger partial charge in [0.1, 0.15) is 0 Å². The molecule has 18 heavy (non-hydrogen) atoms. The molecule has 0 bridgehead atoms. The van der Waals surface area contributed by atoms with Gasteiger partial charge in [-0.15, -0.1) is 0 Å². The first kappa shape index (κ1) is 12.5. The summed E-state index contributed by atoms with van der Waals surface area (Å²) < 4.78 is 25.7. The molecule has 0 aromatic heterocycles. The standard InChI is InChI=1S/C12H11F2NO3/c13-9-2-1-7(3-10(9)14)5-15-6-8(12(17)18)4-11(15)16/h1-3,8H,4-6H2,(H,17,18). The molecular weight excluding hydrogens is 244 g/mol. The molecule has 1 aromatic rings. The van der Waals surface area contributed by atoms with Crippen molar-refractivity contribution in [3.05, 3.63) is 35.4 Å². The van der Waals surface area contributed by atoms with Crippen LogP contribution in [0.3, 0.4) is 0 Å². The molecule has 4 nitrogen and oxygen atoms in total. The minimum atomic E-state index is -1.02. The molecule has 1 aromatic carbocycles. The summed E-state index contributed by atoms with van der Waals surface area (Å²) in [7, 11) is 0. The van der Waals surface area contributed by atoms with Gasteiger partial charge in [-0.3, -0.25) is 9.59 Å². The second-order valence-corrected chi connectivity index (χ2v) is 4.26. The van der Waals surface area contributed by atoms with Crippen molar-refractivity contribution in [2.75, 3.05) is 6.54 Å². The normalized spacial score (nSPS) is 19.3. The fourth-order valence-corrected chi connectivity index (χ4v) is 1.95. The van der Waals surface area contributed by atoms with Crippen molar-refractivity contribution in [2.45, 2.75) is 13.0 Å². The highest BCUT2D eigenvalue weighted by molar-refractivity contribution is 5.86. The van der Waals surface area contributed by atoms with Crippen LogP contribution in [0.25, 0.3) is 0 Å². The van der Waals surface area contributed by atoms with E-state index in [1.807, 2.05) is 0 Å². The molecule has 1 atom stereocenters. The van der Waals surface area contributed by atoms with Gasteiger partial charge < -0.3 is 10.0 Å². The minimum absolute atomic E-state index is 0.0426. The molecule has 0 aliphatic carbocycles. The number of rotatable bonds is 3. The van der Waals surface area contributed by atoms with Crippen LogP contribution in [0.2, 0.25) is 0 Å². The number of nitrogens with zero attached hydrogens (tertiary/aromatic N) is 1. The lowest BCUT2D eigenvalue weighted by molar-refractivity contribution is -0.141. The maximum Gasteiger partial charge on any atom is 0.308 e. The summed E-state index contributed by atoms with van der Waals surface area (Å²) in [4.78, 5) is 23.6. The lowest BCUT2D eigenvalue weighted by atomic mass is 10.1. The van der Waals surface area contributed by atoms with Gasteiger partial charge in [0.05, 0.1) is 5.92 Å². The Morgan fingerprint density at radius 3 is 2.67 bits per heavy atom. The van der Waals surface area contributed by atoms with E-state index in [1.54, 1.807) is 0 Å². The molecule has 0 spiro atoms. The van der Waals surface area contributed by atoms with Crippen LogP contribution >= 0.6 is 0 Å². The van der Waals surface area contributed by atoms with Crippen molar-refractivity contribution in [3.8, 4) is 0 Å². The predicted octanol–water partition coefficient (Wildman–Crippen LogP) is 1.40. The molecule has 6 heteroatoms. The zero-order valence-electron chi connectivity index (χ0n) is 9.40. The number of likely N-dealkylation sites (tertiary alicyclic amines) is 1. The predicted molar refractivity (Wildman–Crippen MR) is 57.5 cm³/mol. The Balaban J connectivity index is 2.08. The van der Waals surface area contributed by atoms with Crippen molar-refractivity contribution in [2.24, 2.45) is 5.92 Å². The van der Waals surface area contributed by atoms with Crippen LogP contribution in [0, 0.1) is 17.6 Å². The molecule has 1 amide bonds. The first-order valence-corrected chi connectivity index (χ1v) is 5.42. The van der Waals surface area contributed by atoms with Crippen LogP contribution in [-0.4, -0.2) is 28.4 Å². The van der Waals surface area contributed by atoms with Crippen LogP contribution in [0.4, 0.5) is 8.78 Å². The average molecular weight is 255 g/mol. The molecule has 1 aliphatic heterocycles. The third kappa shape index (κ3) is 2.47. The number of hydrogen-bond acceptors (Lipinski definition) is 2. The number of carbonyl (C=O) groups excluding carboxylic acids is 1. The van der Waals surface area contributed by atoms with E-state index in [2.05, 4.69) is 0 Å². The Morgan fingerprint density at radius 1 is 1.39 bits per heavy atom. The van der Waals surface area contributed by atoms with Crippen LogP contribution < -0.4 is 0 Å². The molecule has 2 rings (SSSR count). The SMILES string of the molecule is O=C(O)C1CC(=O)N(Cc2ccc(F)c(F)c2)C1. The summed E-state index contributed by atoms with van der Waals surface area (Å²) in [6.45, 7) is 0.201. The smallest absolute Gasteiger partial charge is 0.308 e. The number of halogens is 2. The fraction of sp³-hybridized carbons (Fsp3) is 0.333. The van der Waals surface area contributed by atoms with Crippen LogP contribution in [0.5, 0.6) is 0 Å². The van der Waals surface area contributed by atoms with E-state index in [0.29, 0.717) is 5.56 Å². The lowest BCUT2D eigenvalue weighted by Gasteiger charge is -2.16. The summed E-state index contributed by atoms with van der Waals surface area (Å²) in [5.74, 6) is -3.95. The Bertz CT molecular complexity index is 504. The molecule has 1 N–H and O–H groups in total. The molecule has 96 valence electrons. The number of carboxylic acids is 1. The summed E-state index contributed by atoms with van der Waals surface area (Å²) in [6.07, 6.45) is -0.0426. The largest absolute Gasteiger partial charge is 0.481 e. The fourth-order valence-electron chi connectivity index (χ4n) is 1.95. The van der Waals surface area contributed by atoms with Gasteiger partial charge >= 0.3 is 5.97 Å². The zero-order chi connectivity index (χ0) is 13.3. The van der Waals surface area contributed by atoms with E-state index in [4.69, 9.17) is 5.11 Å². The van der Waals surface area contributed by atoms with E-state index in [9.17, 15) is 18.4 Å². The van der Waals surface area contributed by atoms with Crippen molar-refractivity contribution >= 4 is 11.9 Å². The maximum atomic E-state index is 13.0. The summed E-state index contributed by atoms with van der Waals surface area (Å²) in [5.41, 5.74) is 0.438. The van der Waals surface area contributed by atoms with Gasteiger partial charge in [0.15, 0.2) is 11.6 Å². The molecule has 1 saturated heterocycles. The minimum Gasteiger partial charge on any atom is -0.481 e. The van der Waals surface area contributed by atoms with Gasteiger partial charge in [-0.1, -0.05) is 6.07 Å². The van der Waals surface area contributed by atoms with Gasteiger partial charge in [-0.25, -0.2) is 8.78 Å². The van der Waals surface area contributed by atoms with Crippen LogP contribution in [-0.2, 0) is 16.1 Å². The number of aliphatic carboxylic acids is 1. The molecule has 1 unspecified atom stereocenters. The Kier molecular flexibility index (Phi) is 3.27. The van der Waals surface area contributed by atoms with E-state index in [0.717, 1.165) is 12.1 Å². The van der Waals surface area contributed by atoms with Gasteiger partial charge in [0, 0.05) is 19.5 Å². The zero-order valence-corrected chi connectivity index (χ0v) is 9.40. The number of benzene rings is 1. The number of amides is 1. The van der Waals surface area contributed by atoms with Gasteiger partial charge in [-0.05, 0) is 17.7 Å².